The summed E-state index contributed by atoms with van der Waals surface area (Å²) >= 11 is 0. The lowest BCUT2D eigenvalue weighted by Crippen LogP contribution is -2.18. The first-order chi connectivity index (χ1) is 11.7. The third-order valence-corrected chi connectivity index (χ3v) is 3.10. The Morgan fingerprint density at radius 1 is 0.840 bits per heavy atom. The van der Waals surface area contributed by atoms with Crippen molar-refractivity contribution in [2.24, 2.45) is 0 Å². The first kappa shape index (κ1) is 18.4. The highest BCUT2D eigenvalue weighted by Gasteiger charge is 2.26. The predicted octanol–water partition coefficient (Wildman–Crippen LogP) is 3.52. The fourth-order valence-electron chi connectivity index (χ4n) is 2.05. The highest BCUT2D eigenvalue weighted by atomic mass is 19.2. The fourth-order valence-corrected chi connectivity index (χ4v) is 2.05. The molecule has 132 valence electrons. The summed E-state index contributed by atoms with van der Waals surface area (Å²) in [5, 5.41) is 4.71. The average Bonchev–Trinajstić information content (AvgIpc) is 2.55. The second-order valence-electron chi connectivity index (χ2n) is 5.04. The molecule has 0 heterocycles. The van der Waals surface area contributed by atoms with Gasteiger partial charge in [-0.15, -0.1) is 0 Å². The zero-order chi connectivity index (χ0) is 18.7. The maximum Gasteiger partial charge on any atom is 0.229 e. The van der Waals surface area contributed by atoms with Crippen LogP contribution in [-0.4, -0.2) is 11.8 Å². The summed E-state index contributed by atoms with van der Waals surface area (Å²) < 4.78 is 66.3. The van der Waals surface area contributed by atoms with Crippen molar-refractivity contribution in [2.45, 2.75) is 13.3 Å². The zero-order valence-electron chi connectivity index (χ0n) is 12.7. The van der Waals surface area contributed by atoms with Gasteiger partial charge in [0.2, 0.25) is 17.6 Å². The van der Waals surface area contributed by atoms with Gasteiger partial charge in [0.15, 0.2) is 23.3 Å². The van der Waals surface area contributed by atoms with Crippen molar-refractivity contribution in [2.75, 3.05) is 10.6 Å². The summed E-state index contributed by atoms with van der Waals surface area (Å²) in [5.74, 6) is -12.0. The van der Waals surface area contributed by atoms with Crippen molar-refractivity contribution in [3.05, 3.63) is 58.9 Å². The summed E-state index contributed by atoms with van der Waals surface area (Å²) in [4.78, 5) is 22.8. The maximum atomic E-state index is 13.6. The van der Waals surface area contributed by atoms with Crippen LogP contribution in [0.5, 0.6) is 0 Å². The minimum atomic E-state index is -2.29. The van der Waals surface area contributed by atoms with Gasteiger partial charge in [-0.1, -0.05) is 6.07 Å². The number of anilines is 2. The minimum Gasteiger partial charge on any atom is -0.326 e. The van der Waals surface area contributed by atoms with Gasteiger partial charge in [-0.05, 0) is 18.2 Å². The molecule has 0 spiro atoms. The molecule has 0 aliphatic heterocycles. The van der Waals surface area contributed by atoms with Crippen molar-refractivity contribution in [3.63, 3.8) is 0 Å². The molecule has 0 atom stereocenters. The largest absolute Gasteiger partial charge is 0.326 e. The number of halogens is 5. The summed E-state index contributed by atoms with van der Waals surface area (Å²) in [6.07, 6.45) is -1.06. The molecule has 2 N–H and O–H groups in total. The van der Waals surface area contributed by atoms with Gasteiger partial charge in [0.05, 0.1) is 6.42 Å². The normalized spacial score (nSPS) is 10.5. The van der Waals surface area contributed by atoms with Crippen LogP contribution in [0, 0.1) is 29.1 Å². The van der Waals surface area contributed by atoms with Crippen LogP contribution in [0.25, 0.3) is 0 Å². The van der Waals surface area contributed by atoms with E-state index in [0.717, 1.165) is 0 Å². The number of amides is 2. The van der Waals surface area contributed by atoms with Crippen molar-refractivity contribution in [1.29, 1.82) is 0 Å². The van der Waals surface area contributed by atoms with Gasteiger partial charge in [-0.25, -0.2) is 22.0 Å². The van der Waals surface area contributed by atoms with E-state index in [1.807, 2.05) is 0 Å². The van der Waals surface area contributed by atoms with Crippen molar-refractivity contribution < 1.29 is 31.5 Å². The Morgan fingerprint density at radius 3 is 1.84 bits per heavy atom. The lowest BCUT2D eigenvalue weighted by molar-refractivity contribution is -0.116. The molecule has 0 aromatic heterocycles. The molecule has 2 rings (SSSR count). The Kier molecular flexibility index (Phi) is 5.35. The molecule has 0 aliphatic rings. The molecule has 4 nitrogen and oxygen atoms in total. The number of carbonyl (C=O) groups excluding carboxylic acids is 2. The number of hydrogen-bond donors (Lipinski definition) is 2. The van der Waals surface area contributed by atoms with E-state index in [2.05, 4.69) is 10.6 Å². The van der Waals surface area contributed by atoms with E-state index in [1.54, 1.807) is 0 Å². The zero-order valence-corrected chi connectivity index (χ0v) is 12.7. The smallest absolute Gasteiger partial charge is 0.229 e. The third kappa shape index (κ3) is 4.11. The van der Waals surface area contributed by atoms with E-state index in [4.69, 9.17) is 0 Å². The van der Waals surface area contributed by atoms with Crippen LogP contribution < -0.4 is 10.6 Å². The van der Waals surface area contributed by atoms with Gasteiger partial charge in [0.1, 0.15) is 0 Å². The highest BCUT2D eigenvalue weighted by molar-refractivity contribution is 5.94. The fraction of sp³-hybridized carbons (Fsp3) is 0.125. The van der Waals surface area contributed by atoms with Gasteiger partial charge in [-0.2, -0.15) is 0 Å². The molecule has 25 heavy (non-hydrogen) atoms. The molecule has 9 heteroatoms. The molecule has 0 bridgehead atoms. The standard InChI is InChI=1S/C16H11F5N2O2/c1-7(24)22-8-3-2-4-9(5-8)23-11(25)6-10-12(17)14(19)16(21)15(20)13(10)18/h2-5H,6H2,1H3,(H,22,24)(H,23,25). The SMILES string of the molecule is CC(=O)Nc1cccc(NC(=O)Cc2c(F)c(F)c(F)c(F)c2F)c1. The van der Waals surface area contributed by atoms with Crippen molar-refractivity contribution >= 4 is 23.2 Å². The predicted molar refractivity (Wildman–Crippen MR) is 79.3 cm³/mol. The number of nitrogens with one attached hydrogen (secondary N) is 2. The topological polar surface area (TPSA) is 58.2 Å². The van der Waals surface area contributed by atoms with E-state index in [0.29, 0.717) is 5.69 Å². The van der Waals surface area contributed by atoms with Gasteiger partial charge < -0.3 is 10.6 Å². The van der Waals surface area contributed by atoms with Gasteiger partial charge >= 0.3 is 0 Å². The maximum absolute atomic E-state index is 13.6. The number of rotatable bonds is 4. The number of benzene rings is 2. The monoisotopic (exact) mass is 358 g/mol. The Balaban J connectivity index is 2.20. The summed E-state index contributed by atoms with van der Waals surface area (Å²) in [5.41, 5.74) is -0.714. The quantitative estimate of drug-likeness (QED) is 0.499. The molecular formula is C16H11F5N2O2. The first-order valence-electron chi connectivity index (χ1n) is 6.88. The Bertz CT molecular complexity index is 826. The number of hydrogen-bond acceptors (Lipinski definition) is 2. The van der Waals surface area contributed by atoms with E-state index < -0.39 is 47.0 Å². The average molecular weight is 358 g/mol. The Labute approximate surface area is 138 Å². The molecule has 2 aromatic rings. The molecular weight excluding hydrogens is 347 g/mol. The van der Waals surface area contributed by atoms with E-state index in [9.17, 15) is 31.5 Å². The lowest BCUT2D eigenvalue weighted by atomic mass is 10.1. The molecule has 0 unspecified atom stereocenters. The molecule has 0 radical (unpaired) electrons. The van der Waals surface area contributed by atoms with Gasteiger partial charge in [-0.3, -0.25) is 9.59 Å². The molecule has 0 aliphatic carbocycles. The molecule has 0 saturated carbocycles. The third-order valence-electron chi connectivity index (χ3n) is 3.10. The van der Waals surface area contributed by atoms with Gasteiger partial charge in [0.25, 0.3) is 0 Å². The van der Waals surface area contributed by atoms with Crippen LogP contribution in [0.4, 0.5) is 33.3 Å². The van der Waals surface area contributed by atoms with Crippen molar-refractivity contribution in [1.82, 2.24) is 0 Å². The van der Waals surface area contributed by atoms with Crippen molar-refractivity contribution in [3.8, 4) is 0 Å². The molecule has 0 fully saturated rings. The summed E-state index contributed by atoms with van der Waals surface area (Å²) in [6, 6.07) is 5.79. The van der Waals surface area contributed by atoms with Gasteiger partial charge in [0, 0.05) is 23.9 Å². The van der Waals surface area contributed by atoms with E-state index >= 15 is 0 Å². The minimum absolute atomic E-state index is 0.167. The van der Waals surface area contributed by atoms with Crippen LogP contribution in [-0.2, 0) is 16.0 Å². The second kappa shape index (κ2) is 7.29. The highest BCUT2D eigenvalue weighted by Crippen LogP contribution is 2.24. The van der Waals surface area contributed by atoms with E-state index in [-0.39, 0.29) is 11.6 Å². The Hall–Kier alpha value is -2.97. The lowest BCUT2D eigenvalue weighted by Gasteiger charge is -2.10. The van der Waals surface area contributed by atoms with Crippen LogP contribution in [0.15, 0.2) is 24.3 Å². The van der Waals surface area contributed by atoms with Crippen LogP contribution in [0.1, 0.15) is 12.5 Å². The van der Waals surface area contributed by atoms with E-state index in [1.165, 1.54) is 31.2 Å². The summed E-state index contributed by atoms with van der Waals surface area (Å²) in [6.45, 7) is 1.27. The first-order valence-corrected chi connectivity index (χ1v) is 6.88. The molecule has 0 saturated heterocycles. The van der Waals surface area contributed by atoms with Crippen LogP contribution in [0.2, 0.25) is 0 Å². The molecule has 2 aromatic carbocycles. The number of carbonyl (C=O) groups is 2. The Morgan fingerprint density at radius 2 is 1.32 bits per heavy atom. The second-order valence-corrected chi connectivity index (χ2v) is 5.04. The van der Waals surface area contributed by atoms with Crippen LogP contribution >= 0.6 is 0 Å². The van der Waals surface area contributed by atoms with Crippen LogP contribution in [0.3, 0.4) is 0 Å². The summed E-state index contributed by atoms with van der Waals surface area (Å²) in [7, 11) is 0. The molecule has 2 amide bonds.